The molecule has 3 rings (SSSR count). The summed E-state index contributed by atoms with van der Waals surface area (Å²) < 4.78 is 10.9. The molecule has 1 unspecified atom stereocenters. The molecule has 106 valence electrons. The normalized spacial score (nSPS) is 18.6. The topological polar surface area (TPSA) is 74.2 Å². The van der Waals surface area contributed by atoms with E-state index in [-0.39, 0.29) is 6.10 Å². The average molecular weight is 273 g/mol. The maximum Gasteiger partial charge on any atom is 0.257 e. The van der Waals surface area contributed by atoms with Crippen molar-refractivity contribution in [3.8, 4) is 11.5 Å². The van der Waals surface area contributed by atoms with E-state index in [2.05, 4.69) is 22.3 Å². The van der Waals surface area contributed by atoms with Crippen molar-refractivity contribution >= 4 is 0 Å². The number of hydrogen-bond donors (Lipinski definition) is 1. The summed E-state index contributed by atoms with van der Waals surface area (Å²) in [5, 5.41) is 4.04. The van der Waals surface area contributed by atoms with Crippen LogP contribution in [0.1, 0.15) is 24.2 Å². The smallest absolute Gasteiger partial charge is 0.257 e. The number of nitrogens with two attached hydrogens (primary N) is 1. The highest BCUT2D eigenvalue weighted by Crippen LogP contribution is 2.21. The van der Waals surface area contributed by atoms with Gasteiger partial charge >= 0.3 is 0 Å². The van der Waals surface area contributed by atoms with Gasteiger partial charge in [-0.1, -0.05) is 17.3 Å². The summed E-state index contributed by atoms with van der Waals surface area (Å²) in [6, 6.07) is 8.07. The highest BCUT2D eigenvalue weighted by Gasteiger charge is 2.19. The molecule has 1 aromatic carbocycles. The first kappa shape index (κ1) is 13.3. The Morgan fingerprint density at radius 2 is 2.30 bits per heavy atom. The molecule has 1 aliphatic rings. The molecular weight excluding hydrogens is 254 g/mol. The first-order chi connectivity index (χ1) is 9.85. The average Bonchev–Trinajstić information content (AvgIpc) is 3.12. The highest BCUT2D eigenvalue weighted by molar-refractivity contribution is 5.54. The molecule has 5 heteroatoms. The van der Waals surface area contributed by atoms with Gasteiger partial charge in [-0.3, -0.25) is 0 Å². The van der Waals surface area contributed by atoms with Crippen molar-refractivity contribution in [1.29, 1.82) is 0 Å². The van der Waals surface area contributed by atoms with Gasteiger partial charge in [0.2, 0.25) is 0 Å². The van der Waals surface area contributed by atoms with Crippen LogP contribution in [0.25, 0.3) is 11.5 Å². The highest BCUT2D eigenvalue weighted by atomic mass is 16.5. The molecule has 0 saturated carbocycles. The third kappa shape index (κ3) is 3.05. The second-order valence-electron chi connectivity index (χ2n) is 5.09. The number of aromatic nitrogens is 2. The van der Waals surface area contributed by atoms with Crippen LogP contribution in [0.5, 0.6) is 0 Å². The first-order valence-electron chi connectivity index (χ1n) is 7.09. The number of ether oxygens (including phenoxy) is 1. The Hall–Kier alpha value is -1.72. The molecular formula is C15H19N3O2. The van der Waals surface area contributed by atoms with Crippen LogP contribution < -0.4 is 5.73 Å². The van der Waals surface area contributed by atoms with E-state index in [4.69, 9.17) is 15.0 Å². The Morgan fingerprint density at radius 3 is 3.10 bits per heavy atom. The van der Waals surface area contributed by atoms with Gasteiger partial charge < -0.3 is 15.0 Å². The van der Waals surface area contributed by atoms with E-state index in [1.165, 1.54) is 5.56 Å². The minimum absolute atomic E-state index is 0.240. The summed E-state index contributed by atoms with van der Waals surface area (Å²) in [6.45, 7) is 1.48. The summed E-state index contributed by atoms with van der Waals surface area (Å²) in [6.07, 6.45) is 4.02. The van der Waals surface area contributed by atoms with Crippen molar-refractivity contribution in [3.63, 3.8) is 0 Å². The molecule has 1 atom stereocenters. The predicted octanol–water partition coefficient (Wildman–Crippen LogP) is 1.96. The van der Waals surface area contributed by atoms with Crippen molar-refractivity contribution in [2.24, 2.45) is 5.73 Å². The molecule has 1 fully saturated rings. The second-order valence-corrected chi connectivity index (χ2v) is 5.09. The van der Waals surface area contributed by atoms with Crippen LogP contribution in [-0.2, 0) is 17.6 Å². The quantitative estimate of drug-likeness (QED) is 0.901. The maximum absolute atomic E-state index is 5.59. The molecule has 0 bridgehead atoms. The lowest BCUT2D eigenvalue weighted by atomic mass is 10.1. The fraction of sp³-hybridized carbons (Fsp3) is 0.467. The van der Waals surface area contributed by atoms with Crippen LogP contribution in [-0.4, -0.2) is 29.4 Å². The summed E-state index contributed by atoms with van der Waals surface area (Å²) in [4.78, 5) is 4.46. The van der Waals surface area contributed by atoms with Gasteiger partial charge in [-0.15, -0.1) is 0 Å². The number of benzene rings is 1. The molecule has 0 radical (unpaired) electrons. The first-order valence-corrected chi connectivity index (χ1v) is 7.09. The third-order valence-electron chi connectivity index (χ3n) is 3.51. The zero-order valence-corrected chi connectivity index (χ0v) is 11.4. The molecule has 1 saturated heterocycles. The SMILES string of the molecule is NCCc1cccc(-c2nc(CC3CCCO3)no2)c1. The monoisotopic (exact) mass is 273 g/mol. The molecule has 5 nitrogen and oxygen atoms in total. The standard InChI is InChI=1S/C15H19N3O2/c16-7-6-11-3-1-4-12(9-11)15-17-14(18-20-15)10-13-5-2-8-19-13/h1,3-4,9,13H,2,5-8,10,16H2. The van der Waals surface area contributed by atoms with Gasteiger partial charge in [-0.05, 0) is 43.5 Å². The number of hydrogen-bond acceptors (Lipinski definition) is 5. The number of rotatable bonds is 5. The summed E-state index contributed by atoms with van der Waals surface area (Å²) in [5.41, 5.74) is 7.71. The molecule has 0 aliphatic carbocycles. The molecule has 20 heavy (non-hydrogen) atoms. The van der Waals surface area contributed by atoms with Crippen LogP contribution >= 0.6 is 0 Å². The molecule has 0 amide bonds. The van der Waals surface area contributed by atoms with E-state index in [0.29, 0.717) is 12.4 Å². The van der Waals surface area contributed by atoms with E-state index in [1.54, 1.807) is 0 Å². The Labute approximate surface area is 118 Å². The van der Waals surface area contributed by atoms with Gasteiger partial charge in [0.05, 0.1) is 6.10 Å². The largest absolute Gasteiger partial charge is 0.378 e. The fourth-order valence-corrected chi connectivity index (χ4v) is 2.49. The Bertz CT molecular complexity index is 562. The van der Waals surface area contributed by atoms with E-state index in [0.717, 1.165) is 43.7 Å². The molecule has 2 N–H and O–H groups in total. The Morgan fingerprint density at radius 1 is 1.35 bits per heavy atom. The Balaban J connectivity index is 1.73. The Kier molecular flexibility index (Phi) is 4.08. The molecule has 2 aromatic rings. The summed E-state index contributed by atoms with van der Waals surface area (Å²) in [7, 11) is 0. The van der Waals surface area contributed by atoms with Gasteiger partial charge in [0, 0.05) is 18.6 Å². The number of nitrogens with zero attached hydrogens (tertiary/aromatic N) is 2. The molecule has 1 aliphatic heterocycles. The minimum atomic E-state index is 0.240. The molecule has 0 spiro atoms. The van der Waals surface area contributed by atoms with Crippen LogP contribution in [0.3, 0.4) is 0 Å². The van der Waals surface area contributed by atoms with E-state index >= 15 is 0 Å². The minimum Gasteiger partial charge on any atom is -0.378 e. The van der Waals surface area contributed by atoms with Crippen LogP contribution in [0, 0.1) is 0 Å². The van der Waals surface area contributed by atoms with Crippen LogP contribution in [0.2, 0.25) is 0 Å². The lowest BCUT2D eigenvalue weighted by Gasteiger charge is -2.04. The van der Waals surface area contributed by atoms with E-state index in [1.807, 2.05) is 12.1 Å². The zero-order chi connectivity index (χ0) is 13.8. The van der Waals surface area contributed by atoms with Gasteiger partial charge in [0.25, 0.3) is 5.89 Å². The summed E-state index contributed by atoms with van der Waals surface area (Å²) >= 11 is 0. The van der Waals surface area contributed by atoms with Gasteiger partial charge in [0.1, 0.15) is 0 Å². The van der Waals surface area contributed by atoms with Gasteiger partial charge in [-0.25, -0.2) is 0 Å². The van der Waals surface area contributed by atoms with Crippen molar-refractivity contribution in [2.45, 2.75) is 31.8 Å². The van der Waals surface area contributed by atoms with Gasteiger partial charge in [-0.2, -0.15) is 4.98 Å². The van der Waals surface area contributed by atoms with Gasteiger partial charge in [0.15, 0.2) is 5.82 Å². The van der Waals surface area contributed by atoms with E-state index in [9.17, 15) is 0 Å². The zero-order valence-electron chi connectivity index (χ0n) is 11.4. The van der Waals surface area contributed by atoms with Crippen LogP contribution in [0.4, 0.5) is 0 Å². The van der Waals surface area contributed by atoms with Crippen LogP contribution in [0.15, 0.2) is 28.8 Å². The lowest BCUT2D eigenvalue weighted by molar-refractivity contribution is 0.109. The van der Waals surface area contributed by atoms with Crippen molar-refractivity contribution in [2.75, 3.05) is 13.2 Å². The molecule has 2 heterocycles. The van der Waals surface area contributed by atoms with Crippen molar-refractivity contribution in [3.05, 3.63) is 35.7 Å². The van der Waals surface area contributed by atoms with E-state index < -0.39 is 0 Å². The molecule has 1 aromatic heterocycles. The van der Waals surface area contributed by atoms with Crippen molar-refractivity contribution < 1.29 is 9.26 Å². The second kappa shape index (κ2) is 6.15. The lowest BCUT2D eigenvalue weighted by Crippen LogP contribution is -2.09. The fourth-order valence-electron chi connectivity index (χ4n) is 2.49. The van der Waals surface area contributed by atoms with Crippen molar-refractivity contribution in [1.82, 2.24) is 10.1 Å². The third-order valence-corrected chi connectivity index (χ3v) is 3.51. The predicted molar refractivity (Wildman–Crippen MR) is 75.2 cm³/mol. The maximum atomic E-state index is 5.59. The summed E-state index contributed by atoms with van der Waals surface area (Å²) in [5.74, 6) is 1.29.